The van der Waals surface area contributed by atoms with E-state index in [1.165, 1.54) is 0 Å². The summed E-state index contributed by atoms with van der Waals surface area (Å²) in [6, 6.07) is 14.9. The highest BCUT2D eigenvalue weighted by atomic mass is 35.5. The van der Waals surface area contributed by atoms with Crippen LogP contribution in [0.4, 0.5) is 10.5 Å². The number of carbonyl (C=O) groups excluding carboxylic acids is 2. The molecule has 1 fully saturated rings. The Labute approximate surface area is 176 Å². The van der Waals surface area contributed by atoms with Crippen molar-refractivity contribution in [2.45, 2.75) is 25.4 Å². The quantitative estimate of drug-likeness (QED) is 0.761. The highest BCUT2D eigenvalue weighted by Gasteiger charge is 2.27. The number of anilines is 1. The van der Waals surface area contributed by atoms with E-state index >= 15 is 0 Å². The van der Waals surface area contributed by atoms with Crippen molar-refractivity contribution in [1.29, 1.82) is 0 Å². The van der Waals surface area contributed by atoms with E-state index in [0.29, 0.717) is 29.7 Å². The number of halogens is 1. The third kappa shape index (κ3) is 6.21. The molecule has 1 heterocycles. The number of benzene rings is 2. The number of likely N-dealkylation sites (N-methyl/N-ethyl adjacent to an activating group) is 1. The highest BCUT2D eigenvalue weighted by Crippen LogP contribution is 2.16. The molecule has 29 heavy (non-hydrogen) atoms. The van der Waals surface area contributed by atoms with Crippen molar-refractivity contribution < 1.29 is 9.59 Å². The zero-order chi connectivity index (χ0) is 20.8. The molecule has 3 amide bonds. The Hall–Kier alpha value is -2.57. The number of likely N-dealkylation sites (tertiary alicyclic amines) is 1. The monoisotopic (exact) mass is 414 g/mol. The third-order valence-electron chi connectivity index (χ3n) is 5.18. The van der Waals surface area contributed by atoms with Crippen LogP contribution in [0.15, 0.2) is 48.5 Å². The van der Waals surface area contributed by atoms with E-state index in [1.807, 2.05) is 41.3 Å². The minimum absolute atomic E-state index is 0.149. The van der Waals surface area contributed by atoms with Crippen molar-refractivity contribution in [1.82, 2.24) is 15.1 Å². The average Bonchev–Trinajstić information content (AvgIpc) is 3.20. The van der Waals surface area contributed by atoms with Crippen LogP contribution in [0, 0.1) is 0 Å². The van der Waals surface area contributed by atoms with Crippen molar-refractivity contribution >= 4 is 29.2 Å². The van der Waals surface area contributed by atoms with Gasteiger partial charge in [-0.25, -0.2) is 4.79 Å². The summed E-state index contributed by atoms with van der Waals surface area (Å²) in [6.07, 6.45) is 1.40. The van der Waals surface area contributed by atoms with E-state index in [0.717, 1.165) is 30.6 Å². The second-order valence-corrected chi connectivity index (χ2v) is 7.99. The first-order valence-electron chi connectivity index (χ1n) is 9.73. The number of urea groups is 1. The molecule has 0 spiro atoms. The van der Waals surface area contributed by atoms with Crippen LogP contribution in [0.5, 0.6) is 0 Å². The zero-order valence-electron chi connectivity index (χ0n) is 16.8. The van der Waals surface area contributed by atoms with Crippen LogP contribution in [-0.2, 0) is 17.8 Å². The van der Waals surface area contributed by atoms with Gasteiger partial charge in [0.15, 0.2) is 0 Å². The van der Waals surface area contributed by atoms with Gasteiger partial charge in [-0.05, 0) is 55.9 Å². The Morgan fingerprint density at radius 2 is 1.72 bits per heavy atom. The van der Waals surface area contributed by atoms with Crippen molar-refractivity contribution in [3.63, 3.8) is 0 Å². The van der Waals surface area contributed by atoms with Gasteiger partial charge in [0, 0.05) is 36.4 Å². The van der Waals surface area contributed by atoms with Crippen molar-refractivity contribution in [2.24, 2.45) is 0 Å². The topological polar surface area (TPSA) is 64.7 Å². The fourth-order valence-electron chi connectivity index (χ4n) is 3.34. The van der Waals surface area contributed by atoms with Crippen LogP contribution >= 0.6 is 11.6 Å². The molecule has 1 aliphatic rings. The highest BCUT2D eigenvalue weighted by molar-refractivity contribution is 6.30. The maximum absolute atomic E-state index is 12.5. The first-order valence-corrected chi connectivity index (χ1v) is 10.1. The van der Waals surface area contributed by atoms with Gasteiger partial charge in [0.1, 0.15) is 0 Å². The van der Waals surface area contributed by atoms with Gasteiger partial charge in [0.2, 0.25) is 5.91 Å². The van der Waals surface area contributed by atoms with Crippen LogP contribution in [0.2, 0.25) is 5.02 Å². The standard InChI is InChI=1S/C22H27ClN4O2/c1-26(2)20-11-12-27(15-20)21(28)13-16-5-9-19(10-6-16)25-22(29)24-14-17-3-7-18(23)8-4-17/h3-10,20H,11-15H2,1-2H3,(H2,24,25,29)/t20-/m0/s1. The Morgan fingerprint density at radius 1 is 1.07 bits per heavy atom. The van der Waals surface area contributed by atoms with E-state index in [1.54, 1.807) is 12.1 Å². The Morgan fingerprint density at radius 3 is 2.34 bits per heavy atom. The molecule has 0 aliphatic carbocycles. The van der Waals surface area contributed by atoms with Gasteiger partial charge in [0.05, 0.1) is 6.42 Å². The zero-order valence-corrected chi connectivity index (χ0v) is 17.6. The molecule has 2 aromatic rings. The summed E-state index contributed by atoms with van der Waals surface area (Å²) in [5.74, 6) is 0.149. The molecule has 0 bridgehead atoms. The van der Waals surface area contributed by atoms with E-state index < -0.39 is 0 Å². The summed E-state index contributed by atoms with van der Waals surface area (Å²) in [5, 5.41) is 6.27. The Balaban J connectivity index is 1.45. The van der Waals surface area contributed by atoms with Crippen LogP contribution in [0.3, 0.4) is 0 Å². The lowest BCUT2D eigenvalue weighted by molar-refractivity contribution is -0.129. The number of hydrogen-bond donors (Lipinski definition) is 2. The lowest BCUT2D eigenvalue weighted by Gasteiger charge is -2.20. The first kappa shape index (κ1) is 21.1. The SMILES string of the molecule is CN(C)[C@H]1CCN(C(=O)Cc2ccc(NC(=O)NCc3ccc(Cl)cc3)cc2)C1. The van der Waals surface area contributed by atoms with Crippen LogP contribution in [0.25, 0.3) is 0 Å². The molecule has 0 saturated carbocycles. The molecule has 1 aliphatic heterocycles. The number of carbonyl (C=O) groups is 2. The third-order valence-corrected chi connectivity index (χ3v) is 5.43. The van der Waals surface area contributed by atoms with Gasteiger partial charge in [-0.3, -0.25) is 4.79 Å². The summed E-state index contributed by atoms with van der Waals surface area (Å²) >= 11 is 5.86. The molecule has 2 N–H and O–H groups in total. The number of hydrogen-bond acceptors (Lipinski definition) is 3. The van der Waals surface area contributed by atoms with E-state index in [9.17, 15) is 9.59 Å². The van der Waals surface area contributed by atoms with Gasteiger partial charge in [-0.15, -0.1) is 0 Å². The summed E-state index contributed by atoms with van der Waals surface area (Å²) < 4.78 is 0. The predicted molar refractivity (Wildman–Crippen MR) is 116 cm³/mol. The summed E-state index contributed by atoms with van der Waals surface area (Å²) in [4.78, 5) is 28.7. The molecule has 0 radical (unpaired) electrons. The first-order chi connectivity index (χ1) is 13.9. The summed E-state index contributed by atoms with van der Waals surface area (Å²) in [6.45, 7) is 2.02. The van der Waals surface area contributed by atoms with Gasteiger partial charge < -0.3 is 20.4 Å². The molecule has 1 saturated heterocycles. The largest absolute Gasteiger partial charge is 0.341 e. The minimum atomic E-state index is -0.282. The Kier molecular flexibility index (Phi) is 7.12. The molecular weight excluding hydrogens is 388 g/mol. The molecule has 0 aromatic heterocycles. The van der Waals surface area contributed by atoms with E-state index in [2.05, 4.69) is 29.6 Å². The minimum Gasteiger partial charge on any atom is -0.341 e. The number of nitrogens with zero attached hydrogens (tertiary/aromatic N) is 2. The molecule has 154 valence electrons. The van der Waals surface area contributed by atoms with Crippen LogP contribution < -0.4 is 10.6 Å². The number of amides is 3. The van der Waals surface area contributed by atoms with E-state index in [4.69, 9.17) is 11.6 Å². The fraction of sp³-hybridized carbons (Fsp3) is 0.364. The second kappa shape index (κ2) is 9.76. The van der Waals surface area contributed by atoms with Crippen LogP contribution in [0.1, 0.15) is 17.5 Å². The fourth-order valence-corrected chi connectivity index (χ4v) is 3.47. The Bertz CT molecular complexity index is 837. The summed E-state index contributed by atoms with van der Waals surface area (Å²) in [7, 11) is 4.10. The second-order valence-electron chi connectivity index (χ2n) is 7.55. The van der Waals surface area contributed by atoms with Gasteiger partial charge in [-0.2, -0.15) is 0 Å². The predicted octanol–water partition coefficient (Wildman–Crippen LogP) is 3.37. The van der Waals surface area contributed by atoms with Crippen molar-refractivity contribution in [3.8, 4) is 0 Å². The van der Waals surface area contributed by atoms with Crippen molar-refractivity contribution in [2.75, 3.05) is 32.5 Å². The lowest BCUT2D eigenvalue weighted by Crippen LogP contribution is -2.35. The normalized spacial score (nSPS) is 16.1. The molecule has 7 heteroatoms. The van der Waals surface area contributed by atoms with Gasteiger partial charge >= 0.3 is 6.03 Å². The van der Waals surface area contributed by atoms with E-state index in [-0.39, 0.29) is 11.9 Å². The van der Waals surface area contributed by atoms with Gasteiger partial charge in [0.25, 0.3) is 0 Å². The molecular formula is C22H27ClN4O2. The number of nitrogens with one attached hydrogen (secondary N) is 2. The maximum atomic E-state index is 12.5. The van der Waals surface area contributed by atoms with Crippen LogP contribution in [-0.4, -0.2) is 55.0 Å². The average molecular weight is 415 g/mol. The number of rotatable bonds is 6. The molecule has 2 aromatic carbocycles. The smallest absolute Gasteiger partial charge is 0.319 e. The lowest BCUT2D eigenvalue weighted by atomic mass is 10.1. The molecule has 6 nitrogen and oxygen atoms in total. The molecule has 3 rings (SSSR count). The maximum Gasteiger partial charge on any atom is 0.319 e. The molecule has 0 unspecified atom stereocenters. The summed E-state index contributed by atoms with van der Waals surface area (Å²) in [5.41, 5.74) is 2.59. The van der Waals surface area contributed by atoms with Gasteiger partial charge in [-0.1, -0.05) is 35.9 Å². The van der Waals surface area contributed by atoms with Crippen molar-refractivity contribution in [3.05, 3.63) is 64.7 Å². The molecule has 1 atom stereocenters.